The number of hydrogen-bond acceptors (Lipinski definition) is 4. The van der Waals surface area contributed by atoms with Crippen LogP contribution in [-0.4, -0.2) is 47.7 Å². The first-order chi connectivity index (χ1) is 6.56. The van der Waals surface area contributed by atoms with Gasteiger partial charge in [0.1, 0.15) is 11.4 Å². The molecule has 0 atom stereocenters. The Hall–Kier alpha value is -0.400. The van der Waals surface area contributed by atoms with Gasteiger partial charge < -0.3 is 4.52 Å². The second-order valence-electron chi connectivity index (χ2n) is 2.85. The molecule has 2 rings (SSSR count). The van der Waals surface area contributed by atoms with E-state index in [-0.39, 0.29) is 35.3 Å². The minimum absolute atomic E-state index is 0. The summed E-state index contributed by atoms with van der Waals surface area (Å²) in [5.74, 6) is -0.524. The molecule has 0 bridgehead atoms. The first-order valence-electron chi connectivity index (χ1n) is 3.85. The van der Waals surface area contributed by atoms with E-state index in [0.717, 1.165) is 0 Å². The molecule has 0 unspecified atom stereocenters. The maximum absolute atomic E-state index is 10.6. The molecule has 1 N–H and O–H groups in total. The molecule has 0 saturated carbocycles. The van der Waals surface area contributed by atoms with Crippen molar-refractivity contribution in [3.8, 4) is 0 Å². The summed E-state index contributed by atoms with van der Waals surface area (Å²) in [6.45, 7) is 0. The van der Waals surface area contributed by atoms with Gasteiger partial charge in [-0.25, -0.2) is 0 Å². The molecule has 1 radical (unpaired) electrons. The molecule has 1 aromatic heterocycles. The third-order valence-corrected chi connectivity index (χ3v) is 2.41. The van der Waals surface area contributed by atoms with E-state index in [1.165, 1.54) is 0 Å². The van der Waals surface area contributed by atoms with E-state index < -0.39 is 15.9 Å². The largest absolute Gasteiger partial charge is 0.356 e. The topological polar surface area (TPSA) is 80.4 Å². The van der Waals surface area contributed by atoms with E-state index in [1.807, 2.05) is 0 Å². The Morgan fingerprint density at radius 1 is 1.33 bits per heavy atom. The predicted molar refractivity (Wildman–Crippen MR) is 55.0 cm³/mol. The fourth-order valence-electron chi connectivity index (χ4n) is 1.21. The minimum atomic E-state index is -4.06. The molecule has 0 aliphatic carbocycles. The normalized spacial score (nSPS) is 11.3. The van der Waals surface area contributed by atoms with Crippen LogP contribution in [0.25, 0.3) is 11.0 Å². The summed E-state index contributed by atoms with van der Waals surface area (Å²) < 4.78 is 34.7. The Morgan fingerprint density at radius 3 is 2.67 bits per heavy atom. The zero-order valence-electron chi connectivity index (χ0n) is 8.04. The third kappa shape index (κ3) is 3.02. The summed E-state index contributed by atoms with van der Waals surface area (Å²) in [5.41, 5.74) is 0.731. The second-order valence-corrected chi connectivity index (χ2v) is 4.30. The van der Waals surface area contributed by atoms with Crippen LogP contribution in [0, 0.1) is 0 Å². The van der Waals surface area contributed by atoms with E-state index in [0.29, 0.717) is 11.0 Å². The molecule has 0 aliphatic heterocycles. The van der Waals surface area contributed by atoms with Crippen molar-refractivity contribution < 1.29 is 17.5 Å². The van der Waals surface area contributed by atoms with E-state index in [4.69, 9.17) is 9.08 Å². The summed E-state index contributed by atoms with van der Waals surface area (Å²) in [6.07, 6.45) is 0. The zero-order chi connectivity index (χ0) is 10.2. The number of fused-ring (bicyclic) bond motifs is 1. The van der Waals surface area contributed by atoms with E-state index in [9.17, 15) is 8.42 Å². The molecule has 1 aromatic carbocycles. The minimum Gasteiger partial charge on any atom is -0.356 e. The SMILES string of the molecule is O=S(=O)(O)Cc1noc2ccccc12.[Na]. The molecule has 7 heteroatoms. The van der Waals surface area contributed by atoms with Crippen molar-refractivity contribution in [3.63, 3.8) is 0 Å². The monoisotopic (exact) mass is 236 g/mol. The van der Waals surface area contributed by atoms with E-state index >= 15 is 0 Å². The third-order valence-electron chi connectivity index (χ3n) is 1.77. The molecule has 0 saturated heterocycles. The molecule has 0 fully saturated rings. The molecule has 2 aromatic rings. The summed E-state index contributed by atoms with van der Waals surface area (Å²) in [4.78, 5) is 0. The van der Waals surface area contributed by atoms with Gasteiger partial charge in [0, 0.05) is 34.9 Å². The molecule has 5 nitrogen and oxygen atoms in total. The number of hydrogen-bond donors (Lipinski definition) is 1. The van der Waals surface area contributed by atoms with Crippen LogP contribution < -0.4 is 0 Å². The molecule has 0 spiro atoms. The second kappa shape index (κ2) is 4.63. The van der Waals surface area contributed by atoms with Crippen LogP contribution in [0.1, 0.15) is 5.69 Å². The van der Waals surface area contributed by atoms with Crippen molar-refractivity contribution >= 4 is 50.6 Å². The number of aromatic nitrogens is 1. The van der Waals surface area contributed by atoms with Gasteiger partial charge in [-0.15, -0.1) is 0 Å². The molecule has 1 heterocycles. The number of para-hydroxylation sites is 1. The van der Waals surface area contributed by atoms with Crippen molar-refractivity contribution in [2.24, 2.45) is 0 Å². The first kappa shape index (κ1) is 12.7. The van der Waals surface area contributed by atoms with Gasteiger partial charge in [-0.3, -0.25) is 4.55 Å². The summed E-state index contributed by atoms with van der Waals surface area (Å²) in [5, 5.41) is 4.17. The van der Waals surface area contributed by atoms with Crippen LogP contribution in [0.3, 0.4) is 0 Å². The summed E-state index contributed by atoms with van der Waals surface area (Å²) >= 11 is 0. The molecular weight excluding hydrogens is 229 g/mol. The molecule has 0 amide bonds. The smallest absolute Gasteiger partial charge is 0.270 e. The Balaban J connectivity index is 0.00000112. The van der Waals surface area contributed by atoms with Gasteiger partial charge in [-0.1, -0.05) is 17.3 Å². The Morgan fingerprint density at radius 2 is 2.00 bits per heavy atom. The van der Waals surface area contributed by atoms with Crippen molar-refractivity contribution in [2.45, 2.75) is 5.75 Å². The van der Waals surface area contributed by atoms with Gasteiger partial charge in [0.15, 0.2) is 5.58 Å². The Bertz CT molecular complexity index is 563. The Labute approximate surface area is 108 Å². The van der Waals surface area contributed by atoms with Crippen LogP contribution >= 0.6 is 0 Å². The quantitative estimate of drug-likeness (QED) is 0.617. The van der Waals surface area contributed by atoms with E-state index in [2.05, 4.69) is 5.16 Å². The molecular formula is C8H7NNaO4S. The molecule has 15 heavy (non-hydrogen) atoms. The standard InChI is InChI=1S/C8H7NO4S.Na/c10-14(11,12)5-7-6-3-1-2-4-8(6)13-9-7;/h1-4H,5H2,(H,10,11,12);. The van der Waals surface area contributed by atoms with Gasteiger partial charge >= 0.3 is 0 Å². The average Bonchev–Trinajstić information content (AvgIpc) is 2.47. The van der Waals surface area contributed by atoms with Crippen LogP contribution in [0.2, 0.25) is 0 Å². The maximum atomic E-state index is 10.6. The fraction of sp³-hybridized carbons (Fsp3) is 0.125. The molecule has 0 aliphatic rings. The summed E-state index contributed by atoms with van der Waals surface area (Å²) in [6, 6.07) is 6.86. The molecule has 75 valence electrons. The van der Waals surface area contributed by atoms with Gasteiger partial charge in [-0.2, -0.15) is 8.42 Å². The number of nitrogens with zero attached hydrogens (tertiary/aromatic N) is 1. The summed E-state index contributed by atoms with van der Waals surface area (Å²) in [7, 11) is -4.06. The predicted octanol–water partition coefficient (Wildman–Crippen LogP) is 0.835. The van der Waals surface area contributed by atoms with Crippen LogP contribution in [0.4, 0.5) is 0 Å². The van der Waals surface area contributed by atoms with Gasteiger partial charge in [0.25, 0.3) is 10.1 Å². The van der Waals surface area contributed by atoms with Gasteiger partial charge in [0.2, 0.25) is 0 Å². The van der Waals surface area contributed by atoms with Gasteiger partial charge in [0.05, 0.1) is 0 Å². The average molecular weight is 236 g/mol. The Kier molecular flexibility index (Phi) is 3.91. The van der Waals surface area contributed by atoms with E-state index in [1.54, 1.807) is 24.3 Å². The van der Waals surface area contributed by atoms with Crippen LogP contribution in [0.15, 0.2) is 28.8 Å². The van der Waals surface area contributed by atoms with Crippen LogP contribution in [-0.2, 0) is 15.9 Å². The zero-order valence-corrected chi connectivity index (χ0v) is 10.9. The van der Waals surface area contributed by atoms with Crippen molar-refractivity contribution in [1.29, 1.82) is 0 Å². The first-order valence-corrected chi connectivity index (χ1v) is 5.45. The van der Waals surface area contributed by atoms with Crippen LogP contribution in [0.5, 0.6) is 0 Å². The van der Waals surface area contributed by atoms with Crippen molar-refractivity contribution in [2.75, 3.05) is 0 Å². The van der Waals surface area contributed by atoms with Gasteiger partial charge in [-0.05, 0) is 12.1 Å². The van der Waals surface area contributed by atoms with Crippen molar-refractivity contribution in [3.05, 3.63) is 30.0 Å². The number of rotatable bonds is 2. The maximum Gasteiger partial charge on any atom is 0.270 e. The number of benzene rings is 1. The fourth-order valence-corrected chi connectivity index (χ4v) is 1.77. The van der Waals surface area contributed by atoms with Crippen molar-refractivity contribution in [1.82, 2.24) is 5.16 Å².